The Morgan fingerprint density at radius 1 is 1.50 bits per heavy atom. The van der Waals surface area contributed by atoms with Crippen molar-refractivity contribution in [2.24, 2.45) is 0 Å². The van der Waals surface area contributed by atoms with Crippen LogP contribution in [0.3, 0.4) is 0 Å². The molecule has 2 rings (SSSR count). The summed E-state index contributed by atoms with van der Waals surface area (Å²) >= 11 is 5.96. The Labute approximate surface area is 115 Å². The van der Waals surface area contributed by atoms with E-state index in [1.807, 2.05) is 6.92 Å². The van der Waals surface area contributed by atoms with E-state index in [4.69, 9.17) is 11.6 Å². The highest BCUT2D eigenvalue weighted by atomic mass is 35.5. The van der Waals surface area contributed by atoms with E-state index in [-0.39, 0.29) is 6.04 Å². The first-order chi connectivity index (χ1) is 8.52. The van der Waals surface area contributed by atoms with E-state index in [2.05, 4.69) is 34.7 Å². The van der Waals surface area contributed by atoms with Crippen LogP contribution >= 0.6 is 11.6 Å². The van der Waals surface area contributed by atoms with Crippen molar-refractivity contribution in [3.63, 3.8) is 0 Å². The minimum atomic E-state index is -0.830. The number of nitrogens with zero attached hydrogens (tertiary/aromatic N) is 2. The Morgan fingerprint density at radius 2 is 2.22 bits per heavy atom. The summed E-state index contributed by atoms with van der Waals surface area (Å²) in [4.78, 5) is 4.55. The number of hydrogen-bond acceptors (Lipinski definition) is 2. The summed E-state index contributed by atoms with van der Waals surface area (Å²) in [6, 6.07) is 6.31. The molecule has 0 fully saturated rings. The molecule has 1 aromatic carbocycles. The first-order valence-electron chi connectivity index (χ1n) is 5.86. The predicted octanol–water partition coefficient (Wildman–Crippen LogP) is 3.02. The van der Waals surface area contributed by atoms with Gasteiger partial charge in [-0.3, -0.25) is 4.21 Å². The van der Waals surface area contributed by atoms with E-state index in [1.165, 1.54) is 5.56 Å². The lowest BCUT2D eigenvalue weighted by atomic mass is 10.2. The summed E-state index contributed by atoms with van der Waals surface area (Å²) in [6.45, 7) is 4.10. The van der Waals surface area contributed by atoms with Crippen LogP contribution in [0.25, 0.3) is 11.0 Å². The Morgan fingerprint density at radius 3 is 2.83 bits per heavy atom. The van der Waals surface area contributed by atoms with Gasteiger partial charge in [0, 0.05) is 28.9 Å². The third kappa shape index (κ3) is 2.59. The fourth-order valence-electron chi connectivity index (χ4n) is 2.26. The van der Waals surface area contributed by atoms with Crippen molar-refractivity contribution in [3.05, 3.63) is 29.6 Å². The van der Waals surface area contributed by atoms with Crippen LogP contribution in [0.2, 0.25) is 0 Å². The summed E-state index contributed by atoms with van der Waals surface area (Å²) in [5.74, 6) is 1.83. The SMILES string of the molecule is Cc1ccc2c(c1)nc(CCl)n2C(C)CS(C)=O. The normalized spacial score (nSPS) is 14.9. The number of benzene rings is 1. The maximum absolute atomic E-state index is 11.4. The Hall–Kier alpha value is -0.870. The van der Waals surface area contributed by atoms with Gasteiger partial charge in [0.1, 0.15) is 5.82 Å². The molecule has 0 saturated carbocycles. The third-order valence-electron chi connectivity index (χ3n) is 2.95. The first-order valence-corrected chi connectivity index (χ1v) is 8.12. The van der Waals surface area contributed by atoms with Crippen LogP contribution in [-0.2, 0) is 16.7 Å². The smallest absolute Gasteiger partial charge is 0.125 e. The molecule has 0 aliphatic heterocycles. The molecule has 0 aliphatic carbocycles. The van der Waals surface area contributed by atoms with Gasteiger partial charge in [-0.05, 0) is 31.5 Å². The second-order valence-electron chi connectivity index (χ2n) is 4.61. The average Bonchev–Trinajstić information content (AvgIpc) is 2.65. The van der Waals surface area contributed by atoms with Gasteiger partial charge in [0.15, 0.2) is 0 Å². The van der Waals surface area contributed by atoms with Crippen molar-refractivity contribution in [3.8, 4) is 0 Å². The molecule has 0 radical (unpaired) electrons. The van der Waals surface area contributed by atoms with E-state index in [0.29, 0.717) is 11.6 Å². The summed E-state index contributed by atoms with van der Waals surface area (Å²) in [5.41, 5.74) is 3.20. The molecular formula is C13H17ClN2OS. The second kappa shape index (κ2) is 5.41. The number of rotatable bonds is 4. The Balaban J connectivity index is 2.56. The quantitative estimate of drug-likeness (QED) is 0.809. The number of hydrogen-bond donors (Lipinski definition) is 0. The second-order valence-corrected chi connectivity index (χ2v) is 6.36. The molecular weight excluding hydrogens is 268 g/mol. The van der Waals surface area contributed by atoms with Gasteiger partial charge >= 0.3 is 0 Å². The van der Waals surface area contributed by atoms with Crippen molar-refractivity contribution in [2.45, 2.75) is 25.8 Å². The number of imidazole rings is 1. The fourth-order valence-corrected chi connectivity index (χ4v) is 3.28. The topological polar surface area (TPSA) is 34.9 Å². The zero-order chi connectivity index (χ0) is 13.3. The minimum Gasteiger partial charge on any atom is -0.323 e. The molecule has 5 heteroatoms. The van der Waals surface area contributed by atoms with E-state index in [0.717, 1.165) is 16.9 Å². The minimum absolute atomic E-state index is 0.136. The summed E-state index contributed by atoms with van der Waals surface area (Å²) < 4.78 is 13.5. The number of fused-ring (bicyclic) bond motifs is 1. The van der Waals surface area contributed by atoms with E-state index < -0.39 is 10.8 Å². The van der Waals surface area contributed by atoms with Crippen LogP contribution < -0.4 is 0 Å². The Bertz CT molecular complexity index is 594. The molecule has 0 spiro atoms. The lowest BCUT2D eigenvalue weighted by Crippen LogP contribution is -2.15. The van der Waals surface area contributed by atoms with Crippen LogP contribution in [0.15, 0.2) is 18.2 Å². The maximum atomic E-state index is 11.4. The van der Waals surface area contributed by atoms with Crippen LogP contribution in [0, 0.1) is 6.92 Å². The van der Waals surface area contributed by atoms with Gasteiger partial charge in [-0.2, -0.15) is 0 Å². The summed E-state index contributed by atoms with van der Waals surface area (Å²) in [5, 5.41) is 0. The van der Waals surface area contributed by atoms with Gasteiger partial charge in [-0.25, -0.2) is 4.98 Å². The lowest BCUT2D eigenvalue weighted by molar-refractivity contribution is 0.594. The molecule has 0 amide bonds. The molecule has 98 valence electrons. The van der Waals surface area contributed by atoms with Gasteiger partial charge in [0.05, 0.1) is 16.9 Å². The van der Waals surface area contributed by atoms with Gasteiger partial charge in [-0.1, -0.05) is 6.07 Å². The van der Waals surface area contributed by atoms with Crippen LogP contribution in [0.4, 0.5) is 0 Å². The molecule has 2 aromatic rings. The largest absolute Gasteiger partial charge is 0.323 e. The van der Waals surface area contributed by atoms with E-state index in [9.17, 15) is 4.21 Å². The molecule has 0 aliphatic rings. The molecule has 1 aromatic heterocycles. The number of aryl methyl sites for hydroxylation is 1. The van der Waals surface area contributed by atoms with Gasteiger partial charge < -0.3 is 4.57 Å². The highest BCUT2D eigenvalue weighted by Crippen LogP contribution is 2.23. The molecule has 18 heavy (non-hydrogen) atoms. The Kier molecular flexibility index (Phi) is 4.07. The molecule has 1 heterocycles. The van der Waals surface area contributed by atoms with Crippen LogP contribution in [0.5, 0.6) is 0 Å². The van der Waals surface area contributed by atoms with Crippen molar-refractivity contribution in [1.82, 2.24) is 9.55 Å². The highest BCUT2D eigenvalue weighted by molar-refractivity contribution is 7.84. The van der Waals surface area contributed by atoms with E-state index in [1.54, 1.807) is 6.26 Å². The molecule has 3 nitrogen and oxygen atoms in total. The van der Waals surface area contributed by atoms with Gasteiger partial charge in [0.25, 0.3) is 0 Å². The van der Waals surface area contributed by atoms with Crippen molar-refractivity contribution < 1.29 is 4.21 Å². The molecule has 0 bridgehead atoms. The molecule has 2 unspecified atom stereocenters. The first kappa shape index (κ1) is 13.6. The third-order valence-corrected chi connectivity index (χ3v) is 4.15. The zero-order valence-corrected chi connectivity index (χ0v) is 12.4. The summed E-state index contributed by atoms with van der Waals surface area (Å²) in [6.07, 6.45) is 1.72. The standard InChI is InChI=1S/C13H17ClN2OS/c1-9-4-5-12-11(6-9)15-13(7-14)16(12)10(2)8-18(3)17/h4-6,10H,7-8H2,1-3H3. The van der Waals surface area contributed by atoms with Gasteiger partial charge in [0.2, 0.25) is 0 Å². The van der Waals surface area contributed by atoms with Crippen molar-refractivity contribution in [2.75, 3.05) is 12.0 Å². The average molecular weight is 285 g/mol. The number of alkyl halides is 1. The fraction of sp³-hybridized carbons (Fsp3) is 0.462. The zero-order valence-electron chi connectivity index (χ0n) is 10.8. The van der Waals surface area contributed by atoms with E-state index >= 15 is 0 Å². The number of halogens is 1. The lowest BCUT2D eigenvalue weighted by Gasteiger charge is -2.15. The monoisotopic (exact) mass is 284 g/mol. The van der Waals surface area contributed by atoms with Crippen molar-refractivity contribution >= 4 is 33.4 Å². The van der Waals surface area contributed by atoms with Crippen LogP contribution in [-0.4, -0.2) is 25.8 Å². The molecule has 0 N–H and O–H groups in total. The highest BCUT2D eigenvalue weighted by Gasteiger charge is 2.16. The maximum Gasteiger partial charge on any atom is 0.125 e. The summed E-state index contributed by atoms with van der Waals surface area (Å²) in [7, 11) is -0.830. The van der Waals surface area contributed by atoms with Crippen molar-refractivity contribution in [1.29, 1.82) is 0 Å². The van der Waals surface area contributed by atoms with Gasteiger partial charge in [-0.15, -0.1) is 11.6 Å². The van der Waals surface area contributed by atoms with Crippen LogP contribution in [0.1, 0.15) is 24.4 Å². The molecule has 0 saturated heterocycles. The predicted molar refractivity (Wildman–Crippen MR) is 77.7 cm³/mol. The number of aromatic nitrogens is 2. The molecule has 2 atom stereocenters.